The topological polar surface area (TPSA) is 104 Å². The molecule has 1 aromatic heterocycles. The smallest absolute Gasteiger partial charge is 0.267 e. The van der Waals surface area contributed by atoms with Crippen LogP contribution in [0.5, 0.6) is 0 Å². The van der Waals surface area contributed by atoms with Crippen LogP contribution >= 0.6 is 0 Å². The summed E-state index contributed by atoms with van der Waals surface area (Å²) in [6, 6.07) is 10.5. The third-order valence-corrected chi connectivity index (χ3v) is 4.06. The molecule has 0 radical (unpaired) electrons. The number of nitrogens with one attached hydrogen (secondary N) is 2. The Kier molecular flexibility index (Phi) is 5.55. The molecule has 0 bridgehead atoms. The standard InChI is InChI=1S/C19H19N5O3/c1-24-17(25)9-8-16(23-24)19(27)21-11-13-4-6-15(7-5-13)22-18(26)14-3-2-10-20-12-14/h2-7,10,12H,8-9,11H2,1H3,(H,21,27)(H,22,26). The second kappa shape index (κ2) is 8.22. The molecule has 0 spiro atoms. The van der Waals surface area contributed by atoms with Crippen molar-refractivity contribution in [3.05, 3.63) is 59.9 Å². The van der Waals surface area contributed by atoms with Crippen LogP contribution in [0.25, 0.3) is 0 Å². The lowest BCUT2D eigenvalue weighted by Crippen LogP contribution is -2.37. The number of carbonyl (C=O) groups is 3. The van der Waals surface area contributed by atoms with E-state index in [2.05, 4.69) is 20.7 Å². The van der Waals surface area contributed by atoms with Gasteiger partial charge in [-0.15, -0.1) is 0 Å². The van der Waals surface area contributed by atoms with E-state index in [-0.39, 0.29) is 24.1 Å². The Balaban J connectivity index is 1.53. The first-order chi connectivity index (χ1) is 13.0. The van der Waals surface area contributed by atoms with Crippen molar-refractivity contribution in [3.8, 4) is 0 Å². The van der Waals surface area contributed by atoms with Crippen LogP contribution in [0.3, 0.4) is 0 Å². The molecule has 8 nitrogen and oxygen atoms in total. The van der Waals surface area contributed by atoms with Gasteiger partial charge in [-0.05, 0) is 29.8 Å². The second-order valence-electron chi connectivity index (χ2n) is 6.04. The number of carbonyl (C=O) groups excluding carboxylic acids is 3. The molecule has 0 saturated carbocycles. The summed E-state index contributed by atoms with van der Waals surface area (Å²) in [6.45, 7) is 0.326. The van der Waals surface area contributed by atoms with Gasteiger partial charge in [0.25, 0.3) is 11.8 Å². The Bertz CT molecular complexity index is 878. The largest absolute Gasteiger partial charge is 0.347 e. The van der Waals surface area contributed by atoms with E-state index in [0.717, 1.165) is 5.56 Å². The van der Waals surface area contributed by atoms with E-state index >= 15 is 0 Å². The summed E-state index contributed by atoms with van der Waals surface area (Å²) in [6.07, 6.45) is 3.73. The van der Waals surface area contributed by atoms with Crippen LogP contribution in [0.15, 0.2) is 53.9 Å². The molecular formula is C19H19N5O3. The lowest BCUT2D eigenvalue weighted by atomic mass is 10.1. The fraction of sp³-hybridized carbons (Fsp3) is 0.211. The highest BCUT2D eigenvalue weighted by atomic mass is 16.2. The van der Waals surface area contributed by atoms with Gasteiger partial charge in [-0.1, -0.05) is 12.1 Å². The molecule has 1 aromatic carbocycles. The molecule has 2 N–H and O–H groups in total. The van der Waals surface area contributed by atoms with E-state index in [9.17, 15) is 14.4 Å². The molecule has 2 aromatic rings. The van der Waals surface area contributed by atoms with Crippen LogP contribution in [0.2, 0.25) is 0 Å². The fourth-order valence-electron chi connectivity index (χ4n) is 2.52. The summed E-state index contributed by atoms with van der Waals surface area (Å²) in [5.74, 6) is -0.628. The van der Waals surface area contributed by atoms with E-state index in [4.69, 9.17) is 0 Å². The van der Waals surface area contributed by atoms with E-state index < -0.39 is 0 Å². The molecule has 3 amide bonds. The van der Waals surface area contributed by atoms with Crippen molar-refractivity contribution in [2.75, 3.05) is 12.4 Å². The molecule has 1 aliphatic heterocycles. The van der Waals surface area contributed by atoms with Crippen LogP contribution in [-0.2, 0) is 16.1 Å². The van der Waals surface area contributed by atoms with Crippen LogP contribution in [0.4, 0.5) is 5.69 Å². The molecule has 0 fully saturated rings. The molecule has 0 saturated heterocycles. The molecule has 0 unspecified atom stereocenters. The van der Waals surface area contributed by atoms with Gasteiger partial charge in [-0.25, -0.2) is 5.01 Å². The monoisotopic (exact) mass is 365 g/mol. The Hall–Kier alpha value is -3.55. The fourth-order valence-corrected chi connectivity index (χ4v) is 2.52. The normalized spacial score (nSPS) is 13.7. The summed E-state index contributed by atoms with van der Waals surface area (Å²) in [5.41, 5.74) is 2.35. The zero-order valence-electron chi connectivity index (χ0n) is 14.8. The molecule has 0 atom stereocenters. The molecule has 0 aliphatic carbocycles. The number of rotatable bonds is 5. The van der Waals surface area contributed by atoms with Gasteiger partial charge in [-0.3, -0.25) is 19.4 Å². The summed E-state index contributed by atoms with van der Waals surface area (Å²) in [7, 11) is 1.54. The number of aromatic nitrogens is 1. The van der Waals surface area contributed by atoms with Gasteiger partial charge in [0.15, 0.2) is 0 Å². The Morgan fingerprint density at radius 3 is 2.56 bits per heavy atom. The maximum atomic E-state index is 12.2. The highest BCUT2D eigenvalue weighted by molar-refractivity contribution is 6.39. The zero-order chi connectivity index (χ0) is 19.2. The van der Waals surface area contributed by atoms with Gasteiger partial charge in [0.05, 0.1) is 5.56 Å². The summed E-state index contributed by atoms with van der Waals surface area (Å²) < 4.78 is 0. The minimum atomic E-state index is -0.289. The SMILES string of the molecule is CN1N=C(C(=O)NCc2ccc(NC(=O)c3cccnc3)cc2)CCC1=O. The van der Waals surface area contributed by atoms with E-state index in [1.165, 1.54) is 18.3 Å². The van der Waals surface area contributed by atoms with Crippen molar-refractivity contribution >= 4 is 29.1 Å². The predicted octanol–water partition coefficient (Wildman–Crippen LogP) is 1.56. The number of anilines is 1. The molecule has 27 heavy (non-hydrogen) atoms. The number of pyridine rings is 1. The number of benzene rings is 1. The molecular weight excluding hydrogens is 346 g/mol. The highest BCUT2D eigenvalue weighted by Crippen LogP contribution is 2.12. The number of hydrogen-bond donors (Lipinski definition) is 2. The van der Waals surface area contributed by atoms with Crippen molar-refractivity contribution in [2.24, 2.45) is 5.10 Å². The minimum Gasteiger partial charge on any atom is -0.347 e. The average Bonchev–Trinajstić information content (AvgIpc) is 2.70. The van der Waals surface area contributed by atoms with Gasteiger partial charge in [0.1, 0.15) is 5.71 Å². The summed E-state index contributed by atoms with van der Waals surface area (Å²) in [5, 5.41) is 10.8. The number of hydrazone groups is 1. The quantitative estimate of drug-likeness (QED) is 0.839. The third kappa shape index (κ3) is 4.75. The van der Waals surface area contributed by atoms with Gasteiger partial charge in [-0.2, -0.15) is 5.10 Å². The van der Waals surface area contributed by atoms with Crippen LogP contribution in [-0.4, -0.2) is 40.5 Å². The van der Waals surface area contributed by atoms with Crippen molar-refractivity contribution in [1.82, 2.24) is 15.3 Å². The number of nitrogens with zero attached hydrogens (tertiary/aromatic N) is 3. The van der Waals surface area contributed by atoms with Crippen molar-refractivity contribution in [1.29, 1.82) is 0 Å². The number of amides is 3. The summed E-state index contributed by atoms with van der Waals surface area (Å²) in [4.78, 5) is 39.6. The second-order valence-corrected chi connectivity index (χ2v) is 6.04. The average molecular weight is 365 g/mol. The molecule has 1 aliphatic rings. The summed E-state index contributed by atoms with van der Waals surface area (Å²) >= 11 is 0. The van der Waals surface area contributed by atoms with Gasteiger partial charge in [0.2, 0.25) is 5.91 Å². The van der Waals surface area contributed by atoms with E-state index in [1.54, 1.807) is 30.5 Å². The van der Waals surface area contributed by atoms with Crippen LogP contribution in [0.1, 0.15) is 28.8 Å². The van der Waals surface area contributed by atoms with E-state index in [0.29, 0.717) is 29.9 Å². The lowest BCUT2D eigenvalue weighted by molar-refractivity contribution is -0.130. The Morgan fingerprint density at radius 1 is 1.11 bits per heavy atom. The number of hydrogen-bond acceptors (Lipinski definition) is 5. The Morgan fingerprint density at radius 2 is 1.89 bits per heavy atom. The first-order valence-corrected chi connectivity index (χ1v) is 8.45. The zero-order valence-corrected chi connectivity index (χ0v) is 14.8. The predicted molar refractivity (Wildman–Crippen MR) is 99.9 cm³/mol. The van der Waals surface area contributed by atoms with Crippen LogP contribution < -0.4 is 10.6 Å². The maximum absolute atomic E-state index is 12.2. The van der Waals surface area contributed by atoms with Gasteiger partial charge < -0.3 is 10.6 Å². The molecule has 2 heterocycles. The minimum absolute atomic E-state index is 0.101. The van der Waals surface area contributed by atoms with Gasteiger partial charge >= 0.3 is 0 Å². The van der Waals surface area contributed by atoms with Crippen molar-refractivity contribution in [2.45, 2.75) is 19.4 Å². The van der Waals surface area contributed by atoms with E-state index in [1.807, 2.05) is 12.1 Å². The van der Waals surface area contributed by atoms with Gasteiger partial charge in [0, 0.05) is 44.5 Å². The molecule has 138 valence electrons. The molecule has 8 heteroatoms. The third-order valence-electron chi connectivity index (χ3n) is 4.06. The lowest BCUT2D eigenvalue weighted by Gasteiger charge is -2.18. The first-order valence-electron chi connectivity index (χ1n) is 8.45. The maximum Gasteiger partial charge on any atom is 0.267 e. The Labute approximate surface area is 156 Å². The van der Waals surface area contributed by atoms with Crippen molar-refractivity contribution < 1.29 is 14.4 Å². The van der Waals surface area contributed by atoms with Crippen molar-refractivity contribution in [3.63, 3.8) is 0 Å². The highest BCUT2D eigenvalue weighted by Gasteiger charge is 2.21. The first kappa shape index (κ1) is 18.2. The molecule has 3 rings (SSSR count). The van der Waals surface area contributed by atoms with Crippen LogP contribution in [0, 0.1) is 0 Å².